The molecule has 0 spiro atoms. The Morgan fingerprint density at radius 1 is 1.19 bits per heavy atom. The van der Waals surface area contributed by atoms with Crippen LogP contribution >= 0.6 is 0 Å². The van der Waals surface area contributed by atoms with Crippen molar-refractivity contribution in [1.29, 1.82) is 0 Å². The van der Waals surface area contributed by atoms with E-state index in [1.165, 1.54) is 0 Å². The summed E-state index contributed by atoms with van der Waals surface area (Å²) in [5.74, 6) is 0.253. The fourth-order valence-corrected chi connectivity index (χ4v) is 1.61. The van der Waals surface area contributed by atoms with Crippen LogP contribution in [0, 0.1) is 0 Å². The van der Waals surface area contributed by atoms with Gasteiger partial charge in [0.15, 0.2) is 0 Å². The summed E-state index contributed by atoms with van der Waals surface area (Å²) in [5, 5.41) is 9.41. The molecule has 4 heteroatoms. The van der Waals surface area contributed by atoms with Gasteiger partial charge >= 0.3 is 0 Å². The van der Waals surface area contributed by atoms with Crippen LogP contribution in [0.2, 0.25) is 0 Å². The molecule has 0 fully saturated rings. The summed E-state index contributed by atoms with van der Waals surface area (Å²) < 4.78 is 0. The zero-order valence-electron chi connectivity index (χ0n) is 10.3. The lowest BCUT2D eigenvalue weighted by atomic mass is 10.2. The molecule has 4 nitrogen and oxygen atoms in total. The van der Waals surface area contributed by atoms with Crippen molar-refractivity contribution >= 4 is 11.4 Å². The highest BCUT2D eigenvalue weighted by atomic mass is 16.3. The van der Waals surface area contributed by atoms with Crippen molar-refractivity contribution in [2.24, 2.45) is 0 Å². The van der Waals surface area contributed by atoms with Gasteiger partial charge in [0, 0.05) is 19.7 Å². The summed E-state index contributed by atoms with van der Waals surface area (Å²) in [6.45, 7) is 1.97. The highest BCUT2D eigenvalue weighted by Crippen LogP contribution is 2.26. The maximum absolute atomic E-state index is 9.41. The minimum absolute atomic E-state index is 0.253. The van der Waals surface area contributed by atoms with E-state index < -0.39 is 0 Å². The predicted octanol–water partition coefficient (Wildman–Crippen LogP) is 1.36. The van der Waals surface area contributed by atoms with Crippen LogP contribution in [0.15, 0.2) is 18.2 Å². The molecule has 16 heavy (non-hydrogen) atoms. The zero-order chi connectivity index (χ0) is 12.1. The number of nitrogens with zero attached hydrogens (tertiary/aromatic N) is 2. The third-order valence-corrected chi connectivity index (χ3v) is 2.52. The van der Waals surface area contributed by atoms with Gasteiger partial charge in [0.05, 0.1) is 11.4 Å². The average molecular weight is 223 g/mol. The Balaban J connectivity index is 2.58. The average Bonchev–Trinajstić information content (AvgIpc) is 2.21. The van der Waals surface area contributed by atoms with E-state index in [2.05, 4.69) is 23.9 Å². The molecule has 0 aliphatic carbocycles. The van der Waals surface area contributed by atoms with Crippen LogP contribution in [0.1, 0.15) is 6.42 Å². The standard InChI is InChI=1S/C12H21N3O/c1-14(2)7-4-8-15(3)12-9-10(16)5-6-11(12)13/h5-6,9,16H,4,7-8,13H2,1-3H3. The molecule has 0 atom stereocenters. The minimum Gasteiger partial charge on any atom is -0.508 e. The number of rotatable bonds is 5. The second kappa shape index (κ2) is 5.61. The Hall–Kier alpha value is -1.42. The first-order chi connectivity index (χ1) is 7.50. The molecule has 1 rings (SSSR count). The van der Waals surface area contributed by atoms with E-state index in [0.717, 1.165) is 25.2 Å². The monoisotopic (exact) mass is 223 g/mol. The third-order valence-electron chi connectivity index (χ3n) is 2.52. The number of phenolic OH excluding ortho intramolecular Hbond substituents is 1. The Kier molecular flexibility index (Phi) is 4.43. The highest BCUT2D eigenvalue weighted by Gasteiger charge is 2.06. The summed E-state index contributed by atoms with van der Waals surface area (Å²) in [7, 11) is 6.10. The quantitative estimate of drug-likeness (QED) is 0.584. The molecule has 0 bridgehead atoms. The Morgan fingerprint density at radius 2 is 1.88 bits per heavy atom. The second-order valence-electron chi connectivity index (χ2n) is 4.32. The van der Waals surface area contributed by atoms with Gasteiger partial charge in [-0.3, -0.25) is 0 Å². The van der Waals surface area contributed by atoms with Crippen molar-refractivity contribution in [2.45, 2.75) is 6.42 Å². The summed E-state index contributed by atoms with van der Waals surface area (Å²) in [6, 6.07) is 5.03. The van der Waals surface area contributed by atoms with Crippen LogP contribution in [0.5, 0.6) is 5.75 Å². The van der Waals surface area contributed by atoms with Gasteiger partial charge in [-0.05, 0) is 39.2 Å². The maximum Gasteiger partial charge on any atom is 0.117 e. The fourth-order valence-electron chi connectivity index (χ4n) is 1.61. The van der Waals surface area contributed by atoms with Gasteiger partial charge in [-0.2, -0.15) is 0 Å². The van der Waals surface area contributed by atoms with E-state index in [9.17, 15) is 5.11 Å². The van der Waals surface area contributed by atoms with E-state index in [4.69, 9.17) is 5.73 Å². The molecule has 0 saturated heterocycles. The van der Waals surface area contributed by atoms with Crippen LogP contribution < -0.4 is 10.6 Å². The van der Waals surface area contributed by atoms with Crippen LogP contribution in [0.25, 0.3) is 0 Å². The molecule has 1 aromatic carbocycles. The summed E-state index contributed by atoms with van der Waals surface area (Å²) in [6.07, 6.45) is 1.07. The van der Waals surface area contributed by atoms with E-state index in [0.29, 0.717) is 5.69 Å². The lowest BCUT2D eigenvalue weighted by Gasteiger charge is -2.22. The molecule has 1 aromatic rings. The first-order valence-corrected chi connectivity index (χ1v) is 5.45. The molecule has 0 heterocycles. The fraction of sp³-hybridized carbons (Fsp3) is 0.500. The predicted molar refractivity (Wildman–Crippen MR) is 69.0 cm³/mol. The number of nitrogens with two attached hydrogens (primary N) is 1. The SMILES string of the molecule is CN(C)CCCN(C)c1cc(O)ccc1N. The Morgan fingerprint density at radius 3 is 2.50 bits per heavy atom. The third kappa shape index (κ3) is 3.62. The van der Waals surface area contributed by atoms with E-state index in [1.54, 1.807) is 18.2 Å². The van der Waals surface area contributed by atoms with Crippen molar-refractivity contribution in [2.75, 3.05) is 44.9 Å². The van der Waals surface area contributed by atoms with E-state index in [1.807, 2.05) is 7.05 Å². The number of phenols is 1. The molecule has 0 saturated carbocycles. The van der Waals surface area contributed by atoms with Crippen molar-refractivity contribution in [3.8, 4) is 5.75 Å². The number of benzene rings is 1. The molecule has 0 radical (unpaired) electrons. The number of aromatic hydroxyl groups is 1. The maximum atomic E-state index is 9.41. The lowest BCUT2D eigenvalue weighted by molar-refractivity contribution is 0.401. The molecule has 3 N–H and O–H groups in total. The van der Waals surface area contributed by atoms with Crippen molar-refractivity contribution in [3.05, 3.63) is 18.2 Å². The second-order valence-corrected chi connectivity index (χ2v) is 4.32. The van der Waals surface area contributed by atoms with Crippen molar-refractivity contribution in [3.63, 3.8) is 0 Å². The van der Waals surface area contributed by atoms with E-state index in [-0.39, 0.29) is 5.75 Å². The molecular formula is C12H21N3O. The first-order valence-electron chi connectivity index (χ1n) is 5.45. The number of hydrogen-bond donors (Lipinski definition) is 2. The Bertz CT molecular complexity index is 339. The largest absolute Gasteiger partial charge is 0.508 e. The highest BCUT2D eigenvalue weighted by molar-refractivity contribution is 5.69. The van der Waals surface area contributed by atoms with Crippen LogP contribution in [0.3, 0.4) is 0 Å². The number of anilines is 2. The van der Waals surface area contributed by atoms with E-state index >= 15 is 0 Å². The molecule has 90 valence electrons. The molecule has 0 aliphatic rings. The Labute approximate surface area is 97.3 Å². The van der Waals surface area contributed by atoms with Crippen LogP contribution in [0.4, 0.5) is 11.4 Å². The van der Waals surface area contributed by atoms with Crippen LogP contribution in [-0.2, 0) is 0 Å². The van der Waals surface area contributed by atoms with Gasteiger partial charge < -0.3 is 20.6 Å². The first kappa shape index (κ1) is 12.6. The summed E-state index contributed by atoms with van der Waals surface area (Å²) >= 11 is 0. The lowest BCUT2D eigenvalue weighted by Crippen LogP contribution is -2.23. The summed E-state index contributed by atoms with van der Waals surface area (Å²) in [4.78, 5) is 4.22. The van der Waals surface area contributed by atoms with Gasteiger partial charge in [0.1, 0.15) is 5.75 Å². The smallest absolute Gasteiger partial charge is 0.117 e. The van der Waals surface area contributed by atoms with Crippen molar-refractivity contribution in [1.82, 2.24) is 4.90 Å². The van der Waals surface area contributed by atoms with Gasteiger partial charge in [-0.25, -0.2) is 0 Å². The summed E-state index contributed by atoms with van der Waals surface area (Å²) in [5.41, 5.74) is 7.45. The molecule has 0 aliphatic heterocycles. The topological polar surface area (TPSA) is 52.7 Å². The number of hydrogen-bond acceptors (Lipinski definition) is 4. The van der Waals surface area contributed by atoms with Crippen molar-refractivity contribution < 1.29 is 5.11 Å². The van der Waals surface area contributed by atoms with Gasteiger partial charge in [0.25, 0.3) is 0 Å². The van der Waals surface area contributed by atoms with Gasteiger partial charge in [0.2, 0.25) is 0 Å². The van der Waals surface area contributed by atoms with Gasteiger partial charge in [-0.1, -0.05) is 0 Å². The molecule has 0 unspecified atom stereocenters. The number of nitrogen functional groups attached to an aromatic ring is 1. The van der Waals surface area contributed by atoms with Gasteiger partial charge in [-0.15, -0.1) is 0 Å². The minimum atomic E-state index is 0.253. The molecular weight excluding hydrogens is 202 g/mol. The normalized spacial score (nSPS) is 10.8. The molecule has 0 aromatic heterocycles. The van der Waals surface area contributed by atoms with Crippen LogP contribution in [-0.4, -0.2) is 44.2 Å². The zero-order valence-corrected chi connectivity index (χ0v) is 10.3. The molecule has 0 amide bonds.